The molecule has 19 heavy (non-hydrogen) atoms. The maximum Gasteiger partial charge on any atom is 0.158 e. The van der Waals surface area contributed by atoms with E-state index >= 15 is 0 Å². The molecule has 1 saturated carbocycles. The molecule has 0 radical (unpaired) electrons. The van der Waals surface area contributed by atoms with Crippen molar-refractivity contribution in [3.63, 3.8) is 0 Å². The van der Waals surface area contributed by atoms with E-state index in [4.69, 9.17) is 10.6 Å². The Labute approximate surface area is 114 Å². The number of hydrazine groups is 1. The fourth-order valence-corrected chi connectivity index (χ4v) is 2.45. The summed E-state index contributed by atoms with van der Waals surface area (Å²) in [5, 5.41) is 3.46. The van der Waals surface area contributed by atoms with Crippen LogP contribution in [0.1, 0.15) is 38.9 Å². The summed E-state index contributed by atoms with van der Waals surface area (Å²) < 4.78 is 5.34. The Morgan fingerprint density at radius 1 is 1.37 bits per heavy atom. The number of nitrogens with zero attached hydrogens (tertiary/aromatic N) is 2. The van der Waals surface area contributed by atoms with E-state index in [0.717, 1.165) is 11.7 Å². The van der Waals surface area contributed by atoms with Crippen LogP contribution in [0.2, 0.25) is 0 Å². The van der Waals surface area contributed by atoms with Gasteiger partial charge < -0.3 is 15.5 Å². The minimum Gasteiger partial charge on any atom is -0.374 e. The summed E-state index contributed by atoms with van der Waals surface area (Å²) in [7, 11) is 0. The molecule has 0 aliphatic heterocycles. The van der Waals surface area contributed by atoms with Gasteiger partial charge in [-0.1, -0.05) is 6.92 Å². The van der Waals surface area contributed by atoms with Gasteiger partial charge in [-0.3, -0.25) is 0 Å². The molecule has 0 spiro atoms. The monoisotopic (exact) mass is 265 g/mol. The molecule has 4 N–H and O–H groups in total. The predicted molar refractivity (Wildman–Crippen MR) is 75.6 cm³/mol. The van der Waals surface area contributed by atoms with Crippen LogP contribution in [0.15, 0.2) is 6.07 Å². The zero-order valence-electron chi connectivity index (χ0n) is 11.6. The van der Waals surface area contributed by atoms with E-state index in [2.05, 4.69) is 27.6 Å². The van der Waals surface area contributed by atoms with Crippen molar-refractivity contribution in [3.05, 3.63) is 11.9 Å². The third-order valence-electron chi connectivity index (χ3n) is 3.40. The van der Waals surface area contributed by atoms with Crippen molar-refractivity contribution in [2.75, 3.05) is 17.3 Å². The highest BCUT2D eigenvalue weighted by atomic mass is 16.5. The second kappa shape index (κ2) is 6.68. The van der Waals surface area contributed by atoms with Gasteiger partial charge in [0.25, 0.3) is 0 Å². The molecule has 1 aromatic rings. The average Bonchev–Trinajstić information content (AvgIpc) is 2.81. The normalized spacial score (nSPS) is 22.5. The number of nitrogen functional groups attached to an aromatic ring is 1. The van der Waals surface area contributed by atoms with Gasteiger partial charge in [-0.2, -0.15) is 0 Å². The van der Waals surface area contributed by atoms with Gasteiger partial charge >= 0.3 is 0 Å². The SMILES string of the molecule is CCOCc1nc(NN)cc(NC2CCC(C)C2)n1. The van der Waals surface area contributed by atoms with Crippen LogP contribution >= 0.6 is 0 Å². The maximum atomic E-state index is 5.44. The summed E-state index contributed by atoms with van der Waals surface area (Å²) in [6.07, 6.45) is 3.66. The van der Waals surface area contributed by atoms with Gasteiger partial charge in [-0.25, -0.2) is 15.8 Å². The summed E-state index contributed by atoms with van der Waals surface area (Å²) in [4.78, 5) is 8.73. The molecular weight excluding hydrogens is 242 g/mol. The minimum atomic E-state index is 0.405. The summed E-state index contributed by atoms with van der Waals surface area (Å²) in [5.74, 6) is 8.29. The van der Waals surface area contributed by atoms with Gasteiger partial charge in [0.2, 0.25) is 0 Å². The standard InChI is InChI=1S/C13H23N5O/c1-3-19-8-13-16-11(7-12(17-13)18-14)15-10-5-4-9(2)6-10/h7,9-10H,3-6,8,14H2,1-2H3,(H2,15,16,17,18). The molecule has 0 bridgehead atoms. The van der Waals surface area contributed by atoms with E-state index in [1.54, 1.807) is 0 Å². The number of nitrogens with one attached hydrogen (secondary N) is 2. The minimum absolute atomic E-state index is 0.405. The van der Waals surface area contributed by atoms with Crippen molar-refractivity contribution < 1.29 is 4.74 Å². The fraction of sp³-hybridized carbons (Fsp3) is 0.692. The number of anilines is 2. The van der Waals surface area contributed by atoms with Gasteiger partial charge in [-0.15, -0.1) is 0 Å². The van der Waals surface area contributed by atoms with Crippen molar-refractivity contribution >= 4 is 11.6 Å². The molecule has 1 fully saturated rings. The van der Waals surface area contributed by atoms with Crippen molar-refractivity contribution in [2.45, 2.75) is 45.8 Å². The number of hydrogen-bond acceptors (Lipinski definition) is 6. The first kappa shape index (κ1) is 14.0. The Morgan fingerprint density at radius 3 is 2.79 bits per heavy atom. The largest absolute Gasteiger partial charge is 0.374 e. The number of rotatable bonds is 6. The highest BCUT2D eigenvalue weighted by molar-refractivity contribution is 5.47. The molecule has 0 saturated heterocycles. The van der Waals surface area contributed by atoms with Crippen molar-refractivity contribution in [2.24, 2.45) is 11.8 Å². The Kier molecular flexibility index (Phi) is 4.93. The highest BCUT2D eigenvalue weighted by Crippen LogP contribution is 2.27. The molecule has 0 amide bonds. The number of hydrogen-bond donors (Lipinski definition) is 3. The second-order valence-corrected chi connectivity index (χ2v) is 5.10. The summed E-state index contributed by atoms with van der Waals surface area (Å²) in [5.41, 5.74) is 2.57. The molecule has 2 atom stereocenters. The number of nitrogens with two attached hydrogens (primary N) is 1. The predicted octanol–water partition coefficient (Wildman–Crippen LogP) is 1.90. The molecule has 2 rings (SSSR count). The highest BCUT2D eigenvalue weighted by Gasteiger charge is 2.21. The molecule has 6 heteroatoms. The summed E-state index contributed by atoms with van der Waals surface area (Å²) in [6, 6.07) is 2.33. The Balaban J connectivity index is 2.05. The molecular formula is C13H23N5O. The first-order chi connectivity index (χ1) is 9.21. The smallest absolute Gasteiger partial charge is 0.158 e. The van der Waals surface area contributed by atoms with E-state index in [9.17, 15) is 0 Å². The van der Waals surface area contributed by atoms with Crippen LogP contribution in [0.3, 0.4) is 0 Å². The van der Waals surface area contributed by atoms with E-state index in [1.807, 2.05) is 13.0 Å². The van der Waals surface area contributed by atoms with E-state index in [0.29, 0.717) is 30.9 Å². The van der Waals surface area contributed by atoms with Gasteiger partial charge in [0, 0.05) is 18.7 Å². The van der Waals surface area contributed by atoms with Crippen LogP contribution in [-0.4, -0.2) is 22.6 Å². The molecule has 6 nitrogen and oxygen atoms in total. The Morgan fingerprint density at radius 2 is 2.16 bits per heavy atom. The van der Waals surface area contributed by atoms with Crippen LogP contribution in [0.25, 0.3) is 0 Å². The molecule has 1 aliphatic carbocycles. The zero-order valence-corrected chi connectivity index (χ0v) is 11.6. The fourth-order valence-electron chi connectivity index (χ4n) is 2.45. The average molecular weight is 265 g/mol. The van der Waals surface area contributed by atoms with Crippen LogP contribution in [0, 0.1) is 5.92 Å². The first-order valence-corrected chi connectivity index (χ1v) is 6.90. The second-order valence-electron chi connectivity index (χ2n) is 5.10. The molecule has 0 aromatic carbocycles. The van der Waals surface area contributed by atoms with E-state index in [-0.39, 0.29) is 0 Å². The van der Waals surface area contributed by atoms with Gasteiger partial charge in [0.1, 0.15) is 18.2 Å². The summed E-state index contributed by atoms with van der Waals surface area (Å²) >= 11 is 0. The first-order valence-electron chi connectivity index (χ1n) is 6.90. The van der Waals surface area contributed by atoms with Crippen molar-refractivity contribution in [1.29, 1.82) is 0 Å². The Bertz CT molecular complexity index is 412. The summed E-state index contributed by atoms with van der Waals surface area (Å²) in [6.45, 7) is 5.29. The van der Waals surface area contributed by atoms with Crippen molar-refractivity contribution in [1.82, 2.24) is 9.97 Å². The van der Waals surface area contributed by atoms with Crippen LogP contribution < -0.4 is 16.6 Å². The topological polar surface area (TPSA) is 85.1 Å². The molecule has 1 aliphatic rings. The number of ether oxygens (including phenoxy) is 1. The molecule has 1 heterocycles. The van der Waals surface area contributed by atoms with Gasteiger partial charge in [-0.05, 0) is 32.1 Å². The van der Waals surface area contributed by atoms with Crippen molar-refractivity contribution in [3.8, 4) is 0 Å². The zero-order chi connectivity index (χ0) is 13.7. The maximum absolute atomic E-state index is 5.44. The van der Waals surface area contributed by atoms with Crippen LogP contribution in [0.5, 0.6) is 0 Å². The third-order valence-corrected chi connectivity index (χ3v) is 3.40. The Hall–Kier alpha value is -1.40. The quantitative estimate of drug-likeness (QED) is 0.538. The lowest BCUT2D eigenvalue weighted by Crippen LogP contribution is -2.18. The number of aromatic nitrogens is 2. The molecule has 2 unspecified atom stereocenters. The lowest BCUT2D eigenvalue weighted by molar-refractivity contribution is 0.128. The van der Waals surface area contributed by atoms with Gasteiger partial charge in [0.05, 0.1) is 0 Å². The van der Waals surface area contributed by atoms with E-state index < -0.39 is 0 Å². The van der Waals surface area contributed by atoms with Gasteiger partial charge in [0.15, 0.2) is 5.82 Å². The van der Waals surface area contributed by atoms with Crippen LogP contribution in [-0.2, 0) is 11.3 Å². The van der Waals surface area contributed by atoms with E-state index in [1.165, 1.54) is 19.3 Å². The molecule has 1 aromatic heterocycles. The molecule has 106 valence electrons. The lowest BCUT2D eigenvalue weighted by atomic mass is 10.1. The lowest BCUT2D eigenvalue weighted by Gasteiger charge is -2.15. The third kappa shape index (κ3) is 4.04. The van der Waals surface area contributed by atoms with Crippen LogP contribution in [0.4, 0.5) is 11.6 Å².